The highest BCUT2D eigenvalue weighted by atomic mass is 35.5. The van der Waals surface area contributed by atoms with E-state index in [1.54, 1.807) is 0 Å². The molecular weight excluding hydrogens is 250 g/mol. The molecule has 1 saturated heterocycles. The number of halogens is 1. The van der Waals surface area contributed by atoms with Gasteiger partial charge < -0.3 is 14.7 Å². The maximum Gasteiger partial charge on any atom is 0.102 e. The van der Waals surface area contributed by atoms with Crippen LogP contribution in [0.5, 0.6) is 0 Å². The molecule has 1 unspecified atom stereocenters. The highest BCUT2D eigenvalue weighted by Crippen LogP contribution is 2.12. The SMILES string of the molecule is Cl.OC(COCCN1CCCC1)c1ccccc1. The number of rotatable bonds is 6. The average molecular weight is 272 g/mol. The van der Waals surface area contributed by atoms with Crippen molar-refractivity contribution in [3.63, 3.8) is 0 Å². The van der Waals surface area contributed by atoms with E-state index >= 15 is 0 Å². The van der Waals surface area contributed by atoms with Crippen LogP contribution >= 0.6 is 12.4 Å². The molecule has 102 valence electrons. The maximum atomic E-state index is 9.87. The third-order valence-corrected chi connectivity index (χ3v) is 3.21. The summed E-state index contributed by atoms with van der Waals surface area (Å²) in [7, 11) is 0. The van der Waals surface area contributed by atoms with E-state index in [4.69, 9.17) is 4.74 Å². The second kappa shape index (κ2) is 8.48. The molecule has 4 heteroatoms. The second-order valence-electron chi connectivity index (χ2n) is 4.55. The van der Waals surface area contributed by atoms with E-state index in [0.29, 0.717) is 13.2 Å². The summed E-state index contributed by atoms with van der Waals surface area (Å²) >= 11 is 0. The van der Waals surface area contributed by atoms with Crippen LogP contribution in [0.1, 0.15) is 24.5 Å². The highest BCUT2D eigenvalue weighted by Gasteiger charge is 2.11. The molecule has 2 rings (SSSR count). The average Bonchev–Trinajstić information content (AvgIpc) is 2.88. The molecule has 1 heterocycles. The van der Waals surface area contributed by atoms with Gasteiger partial charge in [-0.3, -0.25) is 0 Å². The molecule has 1 aliphatic heterocycles. The molecule has 1 aliphatic rings. The van der Waals surface area contributed by atoms with E-state index in [2.05, 4.69) is 4.90 Å². The molecule has 1 aromatic rings. The topological polar surface area (TPSA) is 32.7 Å². The lowest BCUT2D eigenvalue weighted by molar-refractivity contribution is 0.0286. The van der Waals surface area contributed by atoms with Crippen LogP contribution < -0.4 is 0 Å². The highest BCUT2D eigenvalue weighted by molar-refractivity contribution is 5.85. The number of hydrogen-bond donors (Lipinski definition) is 1. The van der Waals surface area contributed by atoms with Crippen molar-refractivity contribution in [1.29, 1.82) is 0 Å². The quantitative estimate of drug-likeness (QED) is 0.806. The Labute approximate surface area is 115 Å². The summed E-state index contributed by atoms with van der Waals surface area (Å²) in [5.41, 5.74) is 0.925. The summed E-state index contributed by atoms with van der Waals surface area (Å²) in [6, 6.07) is 9.67. The Bertz CT molecular complexity index is 315. The van der Waals surface area contributed by atoms with Crippen LogP contribution in [0.25, 0.3) is 0 Å². The smallest absolute Gasteiger partial charge is 0.102 e. The fourth-order valence-corrected chi connectivity index (χ4v) is 2.17. The van der Waals surface area contributed by atoms with Crippen LogP contribution in [-0.2, 0) is 4.74 Å². The first-order valence-electron chi connectivity index (χ1n) is 6.39. The van der Waals surface area contributed by atoms with Crippen molar-refractivity contribution in [3.8, 4) is 0 Å². The predicted octanol–water partition coefficient (Wildman–Crippen LogP) is 2.25. The first-order valence-corrected chi connectivity index (χ1v) is 6.39. The third-order valence-electron chi connectivity index (χ3n) is 3.21. The van der Waals surface area contributed by atoms with E-state index in [1.807, 2.05) is 30.3 Å². The lowest BCUT2D eigenvalue weighted by atomic mass is 10.1. The summed E-state index contributed by atoms with van der Waals surface area (Å²) in [5.74, 6) is 0. The molecule has 0 spiro atoms. The number of benzene rings is 1. The zero-order chi connectivity index (χ0) is 11.9. The van der Waals surface area contributed by atoms with Gasteiger partial charge >= 0.3 is 0 Å². The van der Waals surface area contributed by atoms with Crippen LogP contribution in [0, 0.1) is 0 Å². The van der Waals surface area contributed by atoms with Crippen LogP contribution in [-0.4, -0.2) is 42.9 Å². The van der Waals surface area contributed by atoms with Gasteiger partial charge in [-0.15, -0.1) is 12.4 Å². The van der Waals surface area contributed by atoms with Gasteiger partial charge in [0.2, 0.25) is 0 Å². The normalized spacial score (nSPS) is 17.4. The standard InChI is InChI=1S/C14H21NO2.ClH/c16-14(13-6-2-1-3-7-13)12-17-11-10-15-8-4-5-9-15;/h1-3,6-7,14,16H,4-5,8-12H2;1H. The number of aliphatic hydroxyl groups is 1. The molecule has 18 heavy (non-hydrogen) atoms. The van der Waals surface area contributed by atoms with Crippen LogP contribution in [0.3, 0.4) is 0 Å². The number of ether oxygens (including phenoxy) is 1. The van der Waals surface area contributed by atoms with Gasteiger partial charge in [0.15, 0.2) is 0 Å². The van der Waals surface area contributed by atoms with E-state index in [0.717, 1.165) is 12.1 Å². The van der Waals surface area contributed by atoms with Crippen molar-refractivity contribution in [2.75, 3.05) is 32.8 Å². The summed E-state index contributed by atoms with van der Waals surface area (Å²) in [4.78, 5) is 2.41. The Hall–Kier alpha value is -0.610. The minimum atomic E-state index is -0.505. The Kier molecular flexibility index (Phi) is 7.28. The summed E-state index contributed by atoms with van der Waals surface area (Å²) in [5, 5.41) is 9.87. The molecule has 1 aromatic carbocycles. The Morgan fingerprint density at radius 3 is 2.50 bits per heavy atom. The van der Waals surface area contributed by atoms with Crippen molar-refractivity contribution in [1.82, 2.24) is 4.90 Å². The van der Waals surface area contributed by atoms with Crippen molar-refractivity contribution >= 4 is 12.4 Å². The first kappa shape index (κ1) is 15.4. The van der Waals surface area contributed by atoms with Crippen molar-refractivity contribution < 1.29 is 9.84 Å². The molecule has 3 nitrogen and oxygen atoms in total. The van der Waals surface area contributed by atoms with E-state index in [9.17, 15) is 5.11 Å². The molecule has 0 bridgehead atoms. The third kappa shape index (κ3) is 4.94. The molecule has 0 aromatic heterocycles. The van der Waals surface area contributed by atoms with Crippen molar-refractivity contribution in [3.05, 3.63) is 35.9 Å². The van der Waals surface area contributed by atoms with Gasteiger partial charge in [0.1, 0.15) is 6.10 Å². The number of hydrogen-bond acceptors (Lipinski definition) is 3. The molecule has 1 N–H and O–H groups in total. The van der Waals surface area contributed by atoms with Gasteiger partial charge in [0, 0.05) is 6.54 Å². The second-order valence-corrected chi connectivity index (χ2v) is 4.55. The zero-order valence-corrected chi connectivity index (χ0v) is 11.4. The van der Waals surface area contributed by atoms with E-state index in [-0.39, 0.29) is 12.4 Å². The predicted molar refractivity (Wildman–Crippen MR) is 75.1 cm³/mol. The summed E-state index contributed by atoms with van der Waals surface area (Å²) in [6.07, 6.45) is 2.12. The first-order chi connectivity index (χ1) is 8.36. The Morgan fingerprint density at radius 2 is 1.83 bits per heavy atom. The minimum Gasteiger partial charge on any atom is -0.386 e. The lowest BCUT2D eigenvalue weighted by Crippen LogP contribution is -2.24. The fraction of sp³-hybridized carbons (Fsp3) is 0.571. The van der Waals surface area contributed by atoms with Crippen LogP contribution in [0.2, 0.25) is 0 Å². The molecule has 0 aliphatic carbocycles. The summed E-state index contributed by atoms with van der Waals surface area (Å²) < 4.78 is 5.52. The van der Waals surface area contributed by atoms with Gasteiger partial charge in [-0.25, -0.2) is 0 Å². The van der Waals surface area contributed by atoms with Crippen molar-refractivity contribution in [2.24, 2.45) is 0 Å². The van der Waals surface area contributed by atoms with Crippen molar-refractivity contribution in [2.45, 2.75) is 18.9 Å². The molecule has 0 saturated carbocycles. The maximum absolute atomic E-state index is 9.87. The number of aliphatic hydroxyl groups excluding tert-OH is 1. The lowest BCUT2D eigenvalue weighted by Gasteiger charge is -2.16. The molecule has 0 radical (unpaired) electrons. The van der Waals surface area contributed by atoms with E-state index in [1.165, 1.54) is 25.9 Å². The molecule has 1 atom stereocenters. The van der Waals surface area contributed by atoms with Gasteiger partial charge in [0.05, 0.1) is 13.2 Å². The Balaban J connectivity index is 0.00000162. The largest absolute Gasteiger partial charge is 0.386 e. The number of nitrogens with zero attached hydrogens (tertiary/aromatic N) is 1. The minimum absolute atomic E-state index is 0. The zero-order valence-electron chi connectivity index (χ0n) is 10.6. The molecular formula is C14H22ClNO2. The van der Waals surface area contributed by atoms with Gasteiger partial charge in [0.25, 0.3) is 0 Å². The molecule has 1 fully saturated rings. The molecule has 0 amide bonds. The summed E-state index contributed by atoms with van der Waals surface area (Å²) in [6.45, 7) is 4.48. The monoisotopic (exact) mass is 271 g/mol. The van der Waals surface area contributed by atoms with Crippen LogP contribution in [0.15, 0.2) is 30.3 Å². The van der Waals surface area contributed by atoms with Gasteiger partial charge in [-0.1, -0.05) is 30.3 Å². The number of likely N-dealkylation sites (tertiary alicyclic amines) is 1. The Morgan fingerprint density at radius 1 is 1.17 bits per heavy atom. The van der Waals surface area contributed by atoms with Crippen LogP contribution in [0.4, 0.5) is 0 Å². The van der Waals surface area contributed by atoms with E-state index < -0.39 is 6.10 Å². The van der Waals surface area contributed by atoms with Gasteiger partial charge in [-0.2, -0.15) is 0 Å². The fourth-order valence-electron chi connectivity index (χ4n) is 2.17. The van der Waals surface area contributed by atoms with Gasteiger partial charge in [-0.05, 0) is 31.5 Å².